The summed E-state index contributed by atoms with van der Waals surface area (Å²) in [5.41, 5.74) is 2.87. The van der Waals surface area contributed by atoms with Crippen LogP contribution in [0.2, 0.25) is 0 Å². The van der Waals surface area contributed by atoms with Crippen molar-refractivity contribution in [2.45, 2.75) is 4.90 Å². The monoisotopic (exact) mass is 562 g/mol. The average molecular weight is 563 g/mol. The van der Waals surface area contributed by atoms with Gasteiger partial charge in [0, 0.05) is 36.1 Å². The Bertz CT molecular complexity index is 1590. The lowest BCUT2D eigenvalue weighted by Crippen LogP contribution is -2.28. The molecule has 0 aliphatic heterocycles. The van der Waals surface area contributed by atoms with Crippen LogP contribution in [0.5, 0.6) is 17.2 Å². The second kappa shape index (κ2) is 12.9. The summed E-state index contributed by atoms with van der Waals surface area (Å²) in [4.78, 5) is 16.5. The van der Waals surface area contributed by atoms with Crippen molar-refractivity contribution in [3.05, 3.63) is 90.8 Å². The first-order chi connectivity index (χ1) is 19.3. The van der Waals surface area contributed by atoms with E-state index in [1.165, 1.54) is 20.3 Å². The van der Waals surface area contributed by atoms with Crippen LogP contribution in [0, 0.1) is 0 Å². The third kappa shape index (κ3) is 7.00. The molecule has 0 atom stereocenters. The molecule has 4 aromatic rings. The van der Waals surface area contributed by atoms with E-state index >= 15 is 0 Å². The van der Waals surface area contributed by atoms with E-state index in [1.807, 2.05) is 0 Å². The van der Waals surface area contributed by atoms with E-state index in [4.69, 9.17) is 14.2 Å². The Morgan fingerprint density at radius 1 is 0.775 bits per heavy atom. The maximum absolute atomic E-state index is 13.4. The van der Waals surface area contributed by atoms with Gasteiger partial charge in [0.1, 0.15) is 22.1 Å². The van der Waals surface area contributed by atoms with Crippen LogP contribution in [0.3, 0.4) is 0 Å². The highest BCUT2D eigenvalue weighted by Crippen LogP contribution is 2.32. The van der Waals surface area contributed by atoms with Gasteiger partial charge in [0.25, 0.3) is 15.9 Å². The fourth-order valence-electron chi connectivity index (χ4n) is 3.91. The molecular formula is C29H30N4O6S. The lowest BCUT2D eigenvalue weighted by Gasteiger charge is -2.14. The van der Waals surface area contributed by atoms with Gasteiger partial charge in [-0.05, 0) is 60.2 Å². The first-order valence-electron chi connectivity index (χ1n) is 12.3. The number of pyridine rings is 1. The maximum Gasteiger partial charge on any atom is 0.265 e. The molecule has 1 aromatic heterocycles. The molecule has 0 fully saturated rings. The third-order valence-electron chi connectivity index (χ3n) is 5.92. The summed E-state index contributed by atoms with van der Waals surface area (Å²) in [6.45, 7) is 0.783. The number of benzene rings is 3. The maximum atomic E-state index is 13.4. The minimum Gasteiger partial charge on any atom is -0.497 e. The summed E-state index contributed by atoms with van der Waals surface area (Å²) < 4.78 is 45.2. The van der Waals surface area contributed by atoms with Crippen molar-refractivity contribution in [1.29, 1.82) is 0 Å². The summed E-state index contributed by atoms with van der Waals surface area (Å²) in [6, 6.07) is 20.4. The number of methoxy groups -OCH3 is 3. The molecule has 11 heteroatoms. The largest absolute Gasteiger partial charge is 0.497 e. The van der Waals surface area contributed by atoms with Crippen molar-refractivity contribution in [2.24, 2.45) is 0 Å². The Morgan fingerprint density at radius 3 is 2.33 bits per heavy atom. The summed E-state index contributed by atoms with van der Waals surface area (Å²) in [5.74, 6) is 1.14. The van der Waals surface area contributed by atoms with Crippen LogP contribution in [0.1, 0.15) is 10.4 Å². The van der Waals surface area contributed by atoms with Crippen LogP contribution in [-0.4, -0.2) is 53.7 Å². The number of carbonyl (C=O) groups excluding carboxylic acids is 1. The number of carbonyl (C=O) groups is 1. The first kappa shape index (κ1) is 28.2. The van der Waals surface area contributed by atoms with Crippen LogP contribution < -0.4 is 29.6 Å². The van der Waals surface area contributed by atoms with Crippen molar-refractivity contribution >= 4 is 27.3 Å². The number of rotatable bonds is 12. The molecule has 40 heavy (non-hydrogen) atoms. The van der Waals surface area contributed by atoms with E-state index in [0.717, 1.165) is 0 Å². The predicted octanol–water partition coefficient (Wildman–Crippen LogP) is 4.42. The van der Waals surface area contributed by atoms with Crippen LogP contribution in [0.4, 0.5) is 11.4 Å². The molecule has 0 bridgehead atoms. The van der Waals surface area contributed by atoms with Gasteiger partial charge in [0.15, 0.2) is 0 Å². The zero-order valence-electron chi connectivity index (χ0n) is 22.3. The number of hydrogen-bond acceptors (Lipinski definition) is 8. The predicted molar refractivity (Wildman–Crippen MR) is 154 cm³/mol. The zero-order chi connectivity index (χ0) is 28.5. The first-order valence-corrected chi connectivity index (χ1v) is 13.8. The van der Waals surface area contributed by atoms with Gasteiger partial charge in [-0.3, -0.25) is 14.5 Å². The van der Waals surface area contributed by atoms with Gasteiger partial charge in [0.05, 0.1) is 33.2 Å². The SMILES string of the molecule is COc1cccc(C(=O)NCCNc2cccc(NS(=O)(=O)c3cc(-c4cncc(OC)c4)ccc3OC)c2)c1. The molecule has 0 radical (unpaired) electrons. The molecule has 0 saturated carbocycles. The third-order valence-corrected chi connectivity index (χ3v) is 7.32. The van der Waals surface area contributed by atoms with Gasteiger partial charge in [0.2, 0.25) is 0 Å². The Balaban J connectivity index is 1.43. The van der Waals surface area contributed by atoms with Gasteiger partial charge < -0.3 is 24.8 Å². The minimum atomic E-state index is -4.01. The smallest absolute Gasteiger partial charge is 0.265 e. The molecule has 4 rings (SSSR count). The van der Waals surface area contributed by atoms with Gasteiger partial charge in [-0.15, -0.1) is 0 Å². The summed E-state index contributed by atoms with van der Waals surface area (Å²) in [6.07, 6.45) is 3.20. The number of aromatic nitrogens is 1. The zero-order valence-corrected chi connectivity index (χ0v) is 23.1. The molecule has 10 nitrogen and oxygen atoms in total. The standard InChI is InChI=1S/C29H30N4O6S/c1-37-25-9-4-6-21(14-25)29(34)32-13-12-31-23-7-5-8-24(17-23)33-40(35,36)28-16-20(10-11-27(28)39-3)22-15-26(38-2)19-30-18-22/h4-11,14-19,31,33H,12-13H2,1-3H3,(H,32,34). The van der Waals surface area contributed by atoms with E-state index < -0.39 is 10.0 Å². The van der Waals surface area contributed by atoms with Gasteiger partial charge in [-0.2, -0.15) is 0 Å². The highest BCUT2D eigenvalue weighted by atomic mass is 32.2. The summed E-state index contributed by atoms with van der Waals surface area (Å²) >= 11 is 0. The van der Waals surface area contributed by atoms with Crippen molar-refractivity contribution in [3.8, 4) is 28.4 Å². The number of amides is 1. The Hall–Kier alpha value is -4.77. The lowest BCUT2D eigenvalue weighted by molar-refractivity contribution is 0.0955. The molecule has 1 amide bonds. The second-order valence-corrected chi connectivity index (χ2v) is 10.2. The van der Waals surface area contributed by atoms with Crippen LogP contribution in [0.25, 0.3) is 11.1 Å². The molecule has 0 unspecified atom stereocenters. The molecule has 3 N–H and O–H groups in total. The molecule has 3 aromatic carbocycles. The van der Waals surface area contributed by atoms with Crippen molar-refractivity contribution in [3.63, 3.8) is 0 Å². The average Bonchev–Trinajstić information content (AvgIpc) is 2.99. The van der Waals surface area contributed by atoms with E-state index in [0.29, 0.717) is 52.7 Å². The fraction of sp³-hybridized carbons (Fsp3) is 0.172. The molecule has 1 heterocycles. The number of sulfonamides is 1. The molecule has 0 saturated heterocycles. The second-order valence-electron chi connectivity index (χ2n) is 8.58. The van der Waals surface area contributed by atoms with E-state index in [1.54, 1.807) is 86.2 Å². The van der Waals surface area contributed by atoms with Gasteiger partial charge in [-0.25, -0.2) is 8.42 Å². The molecule has 0 aliphatic rings. The lowest BCUT2D eigenvalue weighted by atomic mass is 10.1. The Morgan fingerprint density at radius 2 is 1.55 bits per heavy atom. The molecule has 208 valence electrons. The van der Waals surface area contributed by atoms with Crippen molar-refractivity contribution < 1.29 is 27.4 Å². The van der Waals surface area contributed by atoms with E-state index in [9.17, 15) is 13.2 Å². The summed E-state index contributed by atoms with van der Waals surface area (Å²) in [7, 11) is 0.484. The van der Waals surface area contributed by atoms with Gasteiger partial charge in [-0.1, -0.05) is 18.2 Å². The highest BCUT2D eigenvalue weighted by Gasteiger charge is 2.21. The number of nitrogens with zero attached hydrogens (tertiary/aromatic N) is 1. The molecule has 0 spiro atoms. The fourth-order valence-corrected chi connectivity index (χ4v) is 5.15. The molecule has 0 aliphatic carbocycles. The Labute approximate surface area is 233 Å². The quantitative estimate of drug-likeness (QED) is 0.217. The number of anilines is 2. The molecular weight excluding hydrogens is 532 g/mol. The number of nitrogens with one attached hydrogen (secondary N) is 3. The number of ether oxygens (including phenoxy) is 3. The highest BCUT2D eigenvalue weighted by molar-refractivity contribution is 7.92. The van der Waals surface area contributed by atoms with Crippen molar-refractivity contribution in [2.75, 3.05) is 44.5 Å². The topological polar surface area (TPSA) is 128 Å². The van der Waals surface area contributed by atoms with Crippen LogP contribution in [0.15, 0.2) is 90.1 Å². The van der Waals surface area contributed by atoms with E-state index in [-0.39, 0.29) is 16.6 Å². The van der Waals surface area contributed by atoms with Crippen LogP contribution >= 0.6 is 0 Å². The summed E-state index contributed by atoms with van der Waals surface area (Å²) in [5, 5.41) is 6.02. The van der Waals surface area contributed by atoms with E-state index in [2.05, 4.69) is 20.3 Å². The van der Waals surface area contributed by atoms with Crippen molar-refractivity contribution in [1.82, 2.24) is 10.3 Å². The normalized spacial score (nSPS) is 10.9. The Kier molecular flexibility index (Phi) is 9.07. The minimum absolute atomic E-state index is 0.0195. The van der Waals surface area contributed by atoms with Crippen LogP contribution in [-0.2, 0) is 10.0 Å². The van der Waals surface area contributed by atoms with Gasteiger partial charge >= 0.3 is 0 Å². The number of hydrogen-bond donors (Lipinski definition) is 3.